The van der Waals surface area contributed by atoms with Crippen LogP contribution < -0.4 is 24.4 Å². The Morgan fingerprint density at radius 1 is 0.719 bits per heavy atom. The zero-order chi connectivity index (χ0) is 22.7. The van der Waals surface area contributed by atoms with Crippen molar-refractivity contribution in [3.8, 4) is 17.2 Å². The number of imide groups is 1. The lowest BCUT2D eigenvalue weighted by atomic mass is 10.0. The van der Waals surface area contributed by atoms with Crippen LogP contribution in [0.5, 0.6) is 17.2 Å². The molecule has 0 bridgehead atoms. The third-order valence-electron chi connectivity index (χ3n) is 5.09. The third-order valence-corrected chi connectivity index (χ3v) is 5.09. The number of para-hydroxylation sites is 1. The summed E-state index contributed by atoms with van der Waals surface area (Å²) in [5.41, 5.74) is 2.10. The molecule has 0 atom stereocenters. The van der Waals surface area contributed by atoms with Crippen LogP contribution >= 0.6 is 0 Å². The Hall–Kier alpha value is -4.26. The molecule has 0 radical (unpaired) electrons. The van der Waals surface area contributed by atoms with Crippen LogP contribution in [0.25, 0.3) is 5.57 Å². The summed E-state index contributed by atoms with van der Waals surface area (Å²) >= 11 is 0. The molecule has 3 aromatic rings. The highest BCUT2D eigenvalue weighted by Crippen LogP contribution is 2.41. The SMILES string of the molecule is COc1cc(NC2=C(c3ccccc3)C(=O)N(c3ccccc3)C2=O)cc(OC)c1OC. The number of anilines is 2. The Labute approximate surface area is 185 Å². The van der Waals surface area contributed by atoms with Crippen LogP contribution in [0.3, 0.4) is 0 Å². The quantitative estimate of drug-likeness (QED) is 0.569. The molecule has 7 nitrogen and oxygen atoms in total. The van der Waals surface area contributed by atoms with E-state index in [1.165, 1.54) is 26.2 Å². The van der Waals surface area contributed by atoms with Crippen molar-refractivity contribution in [1.82, 2.24) is 0 Å². The molecule has 1 heterocycles. The number of amides is 2. The smallest absolute Gasteiger partial charge is 0.282 e. The Kier molecular flexibility index (Phi) is 5.81. The summed E-state index contributed by atoms with van der Waals surface area (Å²) in [6, 6.07) is 21.3. The van der Waals surface area contributed by atoms with Crippen LogP contribution in [0.4, 0.5) is 11.4 Å². The minimum atomic E-state index is -0.450. The Bertz CT molecular complexity index is 1160. The van der Waals surface area contributed by atoms with Gasteiger partial charge in [-0.1, -0.05) is 48.5 Å². The van der Waals surface area contributed by atoms with Gasteiger partial charge < -0.3 is 19.5 Å². The molecular weight excluding hydrogens is 408 g/mol. The molecule has 1 aliphatic heterocycles. The second-order valence-electron chi connectivity index (χ2n) is 6.94. The summed E-state index contributed by atoms with van der Waals surface area (Å²) in [5, 5.41) is 3.12. The van der Waals surface area contributed by atoms with Crippen molar-refractivity contribution in [2.75, 3.05) is 31.5 Å². The lowest BCUT2D eigenvalue weighted by Gasteiger charge is -2.16. The van der Waals surface area contributed by atoms with Gasteiger partial charge in [-0.15, -0.1) is 0 Å². The van der Waals surface area contributed by atoms with Gasteiger partial charge in [-0.3, -0.25) is 9.59 Å². The third kappa shape index (κ3) is 3.65. The van der Waals surface area contributed by atoms with Crippen molar-refractivity contribution < 1.29 is 23.8 Å². The number of nitrogens with zero attached hydrogens (tertiary/aromatic N) is 1. The normalized spacial score (nSPS) is 13.4. The molecule has 0 saturated carbocycles. The minimum Gasteiger partial charge on any atom is -0.493 e. The summed E-state index contributed by atoms with van der Waals surface area (Å²) in [6.45, 7) is 0. The first-order chi connectivity index (χ1) is 15.6. The van der Waals surface area contributed by atoms with E-state index in [1.807, 2.05) is 24.3 Å². The van der Waals surface area contributed by atoms with Crippen LogP contribution in [0.15, 0.2) is 78.5 Å². The van der Waals surface area contributed by atoms with E-state index < -0.39 is 11.8 Å². The van der Waals surface area contributed by atoms with Crippen molar-refractivity contribution in [3.05, 3.63) is 84.1 Å². The van der Waals surface area contributed by atoms with Crippen LogP contribution in [0.2, 0.25) is 0 Å². The van der Waals surface area contributed by atoms with Gasteiger partial charge in [0.2, 0.25) is 5.75 Å². The highest BCUT2D eigenvalue weighted by Gasteiger charge is 2.40. The Balaban J connectivity index is 1.83. The molecule has 0 spiro atoms. The van der Waals surface area contributed by atoms with Gasteiger partial charge in [0.05, 0.1) is 32.6 Å². The summed E-state index contributed by atoms with van der Waals surface area (Å²) in [6.07, 6.45) is 0. The van der Waals surface area contributed by atoms with E-state index in [2.05, 4.69) is 5.32 Å². The number of methoxy groups -OCH3 is 3. The Morgan fingerprint density at radius 3 is 1.81 bits per heavy atom. The molecule has 0 saturated heterocycles. The number of hydrogen-bond acceptors (Lipinski definition) is 6. The minimum absolute atomic E-state index is 0.166. The summed E-state index contributed by atoms with van der Waals surface area (Å²) in [4.78, 5) is 28.0. The summed E-state index contributed by atoms with van der Waals surface area (Å²) in [7, 11) is 4.54. The first kappa shape index (κ1) is 21.0. The van der Waals surface area contributed by atoms with E-state index in [-0.39, 0.29) is 11.3 Å². The zero-order valence-corrected chi connectivity index (χ0v) is 17.9. The van der Waals surface area contributed by atoms with Crippen LogP contribution in [0, 0.1) is 0 Å². The standard InChI is InChI=1S/C25H22N2O5/c1-30-19-14-17(15-20(31-2)23(19)32-3)26-22-21(16-10-6-4-7-11-16)24(28)27(25(22)29)18-12-8-5-9-13-18/h4-15,26H,1-3H3. The zero-order valence-electron chi connectivity index (χ0n) is 17.9. The van der Waals surface area contributed by atoms with Gasteiger partial charge in [-0.05, 0) is 17.7 Å². The molecule has 0 aliphatic carbocycles. The van der Waals surface area contributed by atoms with E-state index in [0.717, 1.165) is 0 Å². The van der Waals surface area contributed by atoms with E-state index in [0.29, 0.717) is 34.2 Å². The maximum Gasteiger partial charge on any atom is 0.282 e. The molecule has 3 aromatic carbocycles. The number of nitrogens with one attached hydrogen (secondary N) is 1. The largest absolute Gasteiger partial charge is 0.493 e. The summed E-state index contributed by atoms with van der Waals surface area (Å²) < 4.78 is 16.2. The van der Waals surface area contributed by atoms with E-state index >= 15 is 0 Å². The molecule has 4 rings (SSSR count). The molecule has 1 aliphatic rings. The Morgan fingerprint density at radius 2 is 1.28 bits per heavy atom. The van der Waals surface area contributed by atoms with Crippen molar-refractivity contribution in [1.29, 1.82) is 0 Å². The molecular formula is C25H22N2O5. The van der Waals surface area contributed by atoms with Crippen molar-refractivity contribution in [2.45, 2.75) is 0 Å². The highest BCUT2D eigenvalue weighted by atomic mass is 16.5. The second kappa shape index (κ2) is 8.85. The van der Waals surface area contributed by atoms with Gasteiger partial charge >= 0.3 is 0 Å². The van der Waals surface area contributed by atoms with Gasteiger partial charge in [-0.2, -0.15) is 0 Å². The van der Waals surface area contributed by atoms with E-state index in [9.17, 15) is 9.59 Å². The average molecular weight is 430 g/mol. The average Bonchev–Trinajstić information content (AvgIpc) is 3.08. The topological polar surface area (TPSA) is 77.1 Å². The highest BCUT2D eigenvalue weighted by molar-refractivity contribution is 6.46. The molecule has 0 fully saturated rings. The predicted molar refractivity (Wildman–Crippen MR) is 122 cm³/mol. The van der Waals surface area contributed by atoms with Gasteiger partial charge in [0, 0.05) is 17.8 Å². The van der Waals surface area contributed by atoms with Crippen LogP contribution in [-0.2, 0) is 9.59 Å². The van der Waals surface area contributed by atoms with Crippen molar-refractivity contribution in [2.24, 2.45) is 0 Å². The van der Waals surface area contributed by atoms with E-state index in [1.54, 1.807) is 48.5 Å². The molecule has 0 unspecified atom stereocenters. The number of benzene rings is 3. The molecule has 32 heavy (non-hydrogen) atoms. The molecule has 2 amide bonds. The van der Waals surface area contributed by atoms with Crippen molar-refractivity contribution in [3.63, 3.8) is 0 Å². The lowest BCUT2D eigenvalue weighted by Crippen LogP contribution is -2.32. The number of hydrogen-bond donors (Lipinski definition) is 1. The van der Waals surface area contributed by atoms with Crippen LogP contribution in [-0.4, -0.2) is 33.1 Å². The molecule has 0 aromatic heterocycles. The monoisotopic (exact) mass is 430 g/mol. The molecule has 7 heteroatoms. The molecule has 162 valence electrons. The first-order valence-electron chi connectivity index (χ1n) is 9.89. The van der Waals surface area contributed by atoms with Gasteiger partial charge in [0.1, 0.15) is 5.70 Å². The fraction of sp³-hybridized carbons (Fsp3) is 0.120. The predicted octanol–water partition coefficient (Wildman–Crippen LogP) is 4.11. The molecule has 1 N–H and O–H groups in total. The number of rotatable bonds is 7. The fourth-order valence-electron chi connectivity index (χ4n) is 3.63. The number of carbonyl (C=O) groups excluding carboxylic acids is 2. The summed E-state index contributed by atoms with van der Waals surface area (Å²) in [5.74, 6) is 0.425. The second-order valence-corrected chi connectivity index (χ2v) is 6.94. The van der Waals surface area contributed by atoms with E-state index in [4.69, 9.17) is 14.2 Å². The van der Waals surface area contributed by atoms with Gasteiger partial charge in [0.25, 0.3) is 11.8 Å². The number of carbonyl (C=O) groups is 2. The lowest BCUT2D eigenvalue weighted by molar-refractivity contribution is -0.120. The van der Waals surface area contributed by atoms with Crippen molar-refractivity contribution >= 4 is 28.8 Å². The maximum absolute atomic E-state index is 13.4. The first-order valence-corrected chi connectivity index (χ1v) is 9.89. The van der Waals surface area contributed by atoms with Crippen LogP contribution in [0.1, 0.15) is 5.56 Å². The van der Waals surface area contributed by atoms with Gasteiger partial charge in [-0.25, -0.2) is 4.90 Å². The maximum atomic E-state index is 13.4. The number of ether oxygens (including phenoxy) is 3. The fourth-order valence-corrected chi connectivity index (χ4v) is 3.63. The van der Waals surface area contributed by atoms with Gasteiger partial charge in [0.15, 0.2) is 11.5 Å².